The average molecular weight is 224 g/mol. The maximum atomic E-state index is 11.2. The molecule has 2 N–H and O–H groups in total. The molecule has 0 saturated carbocycles. The molecule has 0 aromatic rings. The van der Waals surface area contributed by atoms with Crippen LogP contribution in [-0.4, -0.2) is 29.2 Å². The summed E-state index contributed by atoms with van der Waals surface area (Å²) in [5.74, 6) is -0.952. The lowest BCUT2D eigenvalue weighted by molar-refractivity contribution is -0.137. The first-order valence-electron chi connectivity index (χ1n) is 5.37. The second-order valence-corrected chi connectivity index (χ2v) is 3.63. The predicted octanol–water partition coefficient (Wildman–Crippen LogP) is 1.11. The highest BCUT2D eigenvalue weighted by Gasteiger charge is 2.05. The topological polar surface area (TPSA) is 78.8 Å². The maximum absolute atomic E-state index is 11.2. The third-order valence-electron chi connectivity index (χ3n) is 2.25. The van der Waals surface area contributed by atoms with Gasteiger partial charge < -0.3 is 10.4 Å². The smallest absolute Gasteiger partial charge is 0.303 e. The SMILES string of the molecule is O=C(O)CCCC(=O)NCCC1=NC=CC1. The van der Waals surface area contributed by atoms with Crippen molar-refractivity contribution in [2.45, 2.75) is 32.1 Å². The molecule has 0 aliphatic carbocycles. The second-order valence-electron chi connectivity index (χ2n) is 3.63. The number of nitrogens with zero attached hydrogens (tertiary/aromatic N) is 1. The number of amides is 1. The number of allylic oxidation sites excluding steroid dienone is 1. The van der Waals surface area contributed by atoms with Crippen LogP contribution in [0.25, 0.3) is 0 Å². The van der Waals surface area contributed by atoms with E-state index >= 15 is 0 Å². The molecule has 0 bridgehead atoms. The molecule has 1 amide bonds. The minimum Gasteiger partial charge on any atom is -0.481 e. The van der Waals surface area contributed by atoms with Crippen molar-refractivity contribution >= 4 is 17.6 Å². The zero-order valence-corrected chi connectivity index (χ0v) is 9.11. The second kappa shape index (κ2) is 6.76. The molecule has 0 radical (unpaired) electrons. The Kier molecular flexibility index (Phi) is 5.25. The van der Waals surface area contributed by atoms with E-state index < -0.39 is 5.97 Å². The van der Waals surface area contributed by atoms with Gasteiger partial charge in [0.2, 0.25) is 5.91 Å². The Morgan fingerprint density at radius 3 is 2.88 bits per heavy atom. The average Bonchev–Trinajstić information content (AvgIpc) is 2.70. The van der Waals surface area contributed by atoms with E-state index in [4.69, 9.17) is 5.11 Å². The van der Waals surface area contributed by atoms with Crippen molar-refractivity contribution in [1.29, 1.82) is 0 Å². The number of aliphatic carboxylic acids is 1. The monoisotopic (exact) mass is 224 g/mol. The van der Waals surface area contributed by atoms with Crippen molar-refractivity contribution in [3.63, 3.8) is 0 Å². The molecule has 0 aromatic heterocycles. The number of aliphatic imine (C=N–C) groups is 1. The Hall–Kier alpha value is -1.65. The van der Waals surface area contributed by atoms with Gasteiger partial charge in [0, 0.05) is 44.1 Å². The summed E-state index contributed by atoms with van der Waals surface area (Å²) in [4.78, 5) is 25.6. The number of carbonyl (C=O) groups excluding carboxylic acids is 1. The number of hydrogen-bond donors (Lipinski definition) is 2. The number of carboxylic acids is 1. The van der Waals surface area contributed by atoms with E-state index in [-0.39, 0.29) is 18.7 Å². The van der Waals surface area contributed by atoms with Crippen LogP contribution >= 0.6 is 0 Å². The van der Waals surface area contributed by atoms with Crippen LogP contribution in [0, 0.1) is 0 Å². The molecule has 5 nitrogen and oxygen atoms in total. The van der Waals surface area contributed by atoms with Gasteiger partial charge in [0.1, 0.15) is 0 Å². The predicted molar refractivity (Wildman–Crippen MR) is 60.3 cm³/mol. The van der Waals surface area contributed by atoms with Gasteiger partial charge in [-0.15, -0.1) is 0 Å². The van der Waals surface area contributed by atoms with E-state index in [1.54, 1.807) is 6.20 Å². The molecule has 5 heteroatoms. The summed E-state index contributed by atoms with van der Waals surface area (Å²) in [5.41, 5.74) is 1.07. The molecule has 88 valence electrons. The molecule has 0 saturated heterocycles. The molecule has 0 fully saturated rings. The van der Waals surface area contributed by atoms with Gasteiger partial charge in [-0.1, -0.05) is 6.08 Å². The fraction of sp³-hybridized carbons (Fsp3) is 0.545. The van der Waals surface area contributed by atoms with E-state index in [0.717, 1.165) is 18.6 Å². The van der Waals surface area contributed by atoms with Gasteiger partial charge >= 0.3 is 5.97 Å². The van der Waals surface area contributed by atoms with E-state index in [9.17, 15) is 9.59 Å². The molecular formula is C11H16N2O3. The van der Waals surface area contributed by atoms with Gasteiger partial charge in [-0.05, 0) is 6.42 Å². The van der Waals surface area contributed by atoms with Crippen molar-refractivity contribution < 1.29 is 14.7 Å². The van der Waals surface area contributed by atoms with Gasteiger partial charge in [0.25, 0.3) is 0 Å². The lowest BCUT2D eigenvalue weighted by Crippen LogP contribution is -2.25. The summed E-state index contributed by atoms with van der Waals surface area (Å²) in [6, 6.07) is 0. The van der Waals surface area contributed by atoms with Crippen LogP contribution in [0.2, 0.25) is 0 Å². The number of rotatable bonds is 7. The lowest BCUT2D eigenvalue weighted by Gasteiger charge is -2.04. The van der Waals surface area contributed by atoms with E-state index in [0.29, 0.717) is 13.0 Å². The number of carboxylic acid groups (broad SMARTS) is 1. The molecule has 0 aromatic carbocycles. The largest absolute Gasteiger partial charge is 0.481 e. The molecule has 0 unspecified atom stereocenters. The third-order valence-corrected chi connectivity index (χ3v) is 2.25. The van der Waals surface area contributed by atoms with Gasteiger partial charge in [-0.2, -0.15) is 0 Å². The van der Waals surface area contributed by atoms with Crippen LogP contribution in [0.3, 0.4) is 0 Å². The Bertz CT molecular complexity index is 321. The van der Waals surface area contributed by atoms with Crippen molar-refractivity contribution in [2.24, 2.45) is 4.99 Å². The van der Waals surface area contributed by atoms with Crippen molar-refractivity contribution in [3.8, 4) is 0 Å². The highest BCUT2D eigenvalue weighted by atomic mass is 16.4. The molecule has 1 aliphatic rings. The maximum Gasteiger partial charge on any atom is 0.303 e. The summed E-state index contributed by atoms with van der Waals surface area (Å²) in [5, 5.41) is 11.1. The first kappa shape index (κ1) is 12.4. The molecule has 1 heterocycles. The summed E-state index contributed by atoms with van der Waals surface area (Å²) in [6.45, 7) is 0.576. The van der Waals surface area contributed by atoms with Crippen LogP contribution in [0.1, 0.15) is 32.1 Å². The Morgan fingerprint density at radius 2 is 2.25 bits per heavy atom. The van der Waals surface area contributed by atoms with Crippen LogP contribution < -0.4 is 5.32 Å². The number of hydrogen-bond acceptors (Lipinski definition) is 3. The highest BCUT2D eigenvalue weighted by molar-refractivity contribution is 5.88. The molecule has 1 rings (SSSR count). The normalized spacial score (nSPS) is 13.6. The fourth-order valence-corrected chi connectivity index (χ4v) is 1.40. The molecular weight excluding hydrogens is 208 g/mol. The molecule has 0 atom stereocenters. The zero-order valence-electron chi connectivity index (χ0n) is 9.11. The lowest BCUT2D eigenvalue weighted by atomic mass is 10.2. The minimum absolute atomic E-state index is 0.0457. The summed E-state index contributed by atoms with van der Waals surface area (Å²) >= 11 is 0. The quantitative estimate of drug-likeness (QED) is 0.679. The van der Waals surface area contributed by atoms with Crippen LogP contribution in [0.5, 0.6) is 0 Å². The first-order valence-corrected chi connectivity index (χ1v) is 5.37. The fourth-order valence-electron chi connectivity index (χ4n) is 1.40. The first-order chi connectivity index (χ1) is 7.68. The Balaban J connectivity index is 2.00. The van der Waals surface area contributed by atoms with Crippen molar-refractivity contribution in [2.75, 3.05) is 6.54 Å². The van der Waals surface area contributed by atoms with Crippen molar-refractivity contribution in [3.05, 3.63) is 12.3 Å². The number of nitrogens with one attached hydrogen (secondary N) is 1. The van der Waals surface area contributed by atoms with E-state index in [1.165, 1.54) is 0 Å². The van der Waals surface area contributed by atoms with Gasteiger partial charge in [-0.3, -0.25) is 14.6 Å². The summed E-state index contributed by atoms with van der Waals surface area (Å²) in [7, 11) is 0. The van der Waals surface area contributed by atoms with Crippen LogP contribution in [0.15, 0.2) is 17.3 Å². The van der Waals surface area contributed by atoms with Crippen LogP contribution in [0.4, 0.5) is 0 Å². The van der Waals surface area contributed by atoms with Gasteiger partial charge in [0.05, 0.1) is 0 Å². The summed E-state index contributed by atoms with van der Waals surface area (Å²) in [6.07, 6.45) is 6.09. The molecule has 0 spiro atoms. The zero-order chi connectivity index (χ0) is 11.8. The third kappa shape index (κ3) is 5.29. The Morgan fingerprint density at radius 1 is 1.44 bits per heavy atom. The van der Waals surface area contributed by atoms with E-state index in [1.807, 2.05) is 6.08 Å². The molecule has 16 heavy (non-hydrogen) atoms. The summed E-state index contributed by atoms with van der Waals surface area (Å²) < 4.78 is 0. The van der Waals surface area contributed by atoms with E-state index in [2.05, 4.69) is 10.3 Å². The van der Waals surface area contributed by atoms with Crippen LogP contribution in [-0.2, 0) is 9.59 Å². The number of carbonyl (C=O) groups is 2. The highest BCUT2D eigenvalue weighted by Crippen LogP contribution is 2.02. The Labute approximate surface area is 94.3 Å². The van der Waals surface area contributed by atoms with Gasteiger partial charge in [-0.25, -0.2) is 0 Å². The minimum atomic E-state index is -0.862. The van der Waals surface area contributed by atoms with Crippen molar-refractivity contribution in [1.82, 2.24) is 5.32 Å². The molecule has 1 aliphatic heterocycles. The standard InChI is InChI=1S/C11H16N2O3/c14-10(4-1-5-11(15)16)13-8-6-9-3-2-7-12-9/h2,7H,1,3-6,8H2,(H,13,14)(H,15,16). The van der Waals surface area contributed by atoms with Gasteiger partial charge in [0.15, 0.2) is 0 Å².